The Labute approximate surface area is 192 Å². The average molecular weight is 445 g/mol. The summed E-state index contributed by atoms with van der Waals surface area (Å²) in [6.45, 7) is 8.77. The fourth-order valence-corrected chi connectivity index (χ4v) is 3.42. The Morgan fingerprint density at radius 2 is 1.03 bits per heavy atom. The molecule has 0 rings (SSSR count). The van der Waals surface area contributed by atoms with Gasteiger partial charge in [-0.15, -0.1) is 0 Å². The molecule has 0 bridgehead atoms. The molecule has 31 heavy (non-hydrogen) atoms. The number of esters is 1. The Morgan fingerprint density at radius 1 is 0.581 bits per heavy atom. The molecule has 0 amide bonds. The number of carbonyl (C=O) groups excluding carboxylic acids is 1. The summed E-state index contributed by atoms with van der Waals surface area (Å²) in [5.41, 5.74) is 0. The zero-order valence-corrected chi connectivity index (χ0v) is 21.0. The molecule has 0 radical (unpaired) electrons. The fraction of sp³-hybridized carbons (Fsp3) is 0.962. The highest BCUT2D eigenvalue weighted by atomic mass is 16.6. The molecule has 0 aliphatic rings. The van der Waals surface area contributed by atoms with Crippen molar-refractivity contribution in [3.05, 3.63) is 0 Å². The third-order valence-corrected chi connectivity index (χ3v) is 5.28. The first-order chi connectivity index (χ1) is 15.2. The van der Waals surface area contributed by atoms with E-state index in [4.69, 9.17) is 18.9 Å². The first-order valence-electron chi connectivity index (χ1n) is 13.1. The molecular weight excluding hydrogens is 392 g/mol. The maximum Gasteiger partial charge on any atom is 0.332 e. The van der Waals surface area contributed by atoms with Crippen LogP contribution in [-0.2, 0) is 23.7 Å². The summed E-state index contributed by atoms with van der Waals surface area (Å²) in [5, 5.41) is 0. The third-order valence-electron chi connectivity index (χ3n) is 5.28. The first-order valence-corrected chi connectivity index (χ1v) is 13.1. The zero-order chi connectivity index (χ0) is 22.8. The lowest BCUT2D eigenvalue weighted by Crippen LogP contribution is -2.17. The van der Waals surface area contributed by atoms with Crippen LogP contribution in [0, 0.1) is 0 Å². The van der Waals surface area contributed by atoms with E-state index in [-0.39, 0.29) is 18.7 Å². The molecule has 0 unspecified atom stereocenters. The predicted octanol–water partition coefficient (Wildman–Crippen LogP) is 6.86. The lowest BCUT2D eigenvalue weighted by molar-refractivity contribution is -0.149. The summed E-state index contributed by atoms with van der Waals surface area (Å²) in [7, 11) is 0. The summed E-state index contributed by atoms with van der Waals surface area (Å²) in [4.78, 5) is 11.6. The van der Waals surface area contributed by atoms with Crippen LogP contribution in [0.5, 0.6) is 0 Å². The number of carbonyl (C=O) groups is 1. The standard InChI is InChI=1S/C26H52O5/c1-4-5-6-7-8-9-10-11-12-13-14-15-16-17-18-19-31-26(27)24-29-21-20-28-22-23-30-25(2)3/h25H,4-24H2,1-3H3. The van der Waals surface area contributed by atoms with Gasteiger partial charge in [-0.25, -0.2) is 4.79 Å². The van der Waals surface area contributed by atoms with Crippen LogP contribution in [0.4, 0.5) is 0 Å². The monoisotopic (exact) mass is 444 g/mol. The molecule has 0 N–H and O–H groups in total. The molecule has 0 saturated carbocycles. The number of ether oxygens (including phenoxy) is 4. The van der Waals surface area contributed by atoms with Gasteiger partial charge in [-0.3, -0.25) is 0 Å². The van der Waals surface area contributed by atoms with E-state index in [9.17, 15) is 4.79 Å². The molecule has 0 atom stereocenters. The quantitative estimate of drug-likeness (QED) is 0.114. The maximum absolute atomic E-state index is 11.6. The highest BCUT2D eigenvalue weighted by Crippen LogP contribution is 2.13. The van der Waals surface area contributed by atoms with E-state index in [1.54, 1.807) is 0 Å². The highest BCUT2D eigenvalue weighted by Gasteiger charge is 2.03. The lowest BCUT2D eigenvalue weighted by atomic mass is 10.0. The SMILES string of the molecule is CCCCCCCCCCCCCCCCCOC(=O)COCCOCCOC(C)C. The minimum atomic E-state index is -0.284. The molecule has 5 heteroatoms. The molecule has 0 heterocycles. The number of rotatable bonds is 25. The van der Waals surface area contributed by atoms with E-state index >= 15 is 0 Å². The van der Waals surface area contributed by atoms with Gasteiger partial charge in [0.05, 0.1) is 39.1 Å². The summed E-state index contributed by atoms with van der Waals surface area (Å²) in [6, 6.07) is 0. The van der Waals surface area contributed by atoms with E-state index in [1.807, 2.05) is 13.8 Å². The molecule has 0 aliphatic carbocycles. The fourth-order valence-electron chi connectivity index (χ4n) is 3.42. The van der Waals surface area contributed by atoms with Crippen molar-refractivity contribution in [1.82, 2.24) is 0 Å². The molecule has 0 aliphatic heterocycles. The van der Waals surface area contributed by atoms with Crippen molar-refractivity contribution in [2.75, 3.05) is 39.6 Å². The Morgan fingerprint density at radius 3 is 1.55 bits per heavy atom. The second-order valence-electron chi connectivity index (χ2n) is 8.75. The third kappa shape index (κ3) is 27.3. The van der Waals surface area contributed by atoms with Gasteiger partial charge in [0.2, 0.25) is 0 Å². The molecule has 0 aromatic rings. The van der Waals surface area contributed by atoms with Crippen LogP contribution in [0.15, 0.2) is 0 Å². The molecule has 5 nitrogen and oxygen atoms in total. The number of hydrogen-bond acceptors (Lipinski definition) is 5. The van der Waals surface area contributed by atoms with Crippen molar-refractivity contribution in [2.24, 2.45) is 0 Å². The molecule has 0 spiro atoms. The lowest BCUT2D eigenvalue weighted by Gasteiger charge is -2.08. The van der Waals surface area contributed by atoms with E-state index in [1.165, 1.54) is 83.5 Å². The average Bonchev–Trinajstić information content (AvgIpc) is 2.75. The van der Waals surface area contributed by atoms with Crippen LogP contribution in [0.1, 0.15) is 117 Å². The smallest absolute Gasteiger partial charge is 0.332 e. The summed E-state index contributed by atoms with van der Waals surface area (Å²) >= 11 is 0. The van der Waals surface area contributed by atoms with Gasteiger partial charge in [-0.2, -0.15) is 0 Å². The number of hydrogen-bond donors (Lipinski definition) is 0. The van der Waals surface area contributed by atoms with Crippen LogP contribution < -0.4 is 0 Å². The molecule has 0 aromatic carbocycles. The van der Waals surface area contributed by atoms with Gasteiger partial charge in [0.1, 0.15) is 6.61 Å². The van der Waals surface area contributed by atoms with E-state index in [0.29, 0.717) is 33.0 Å². The minimum absolute atomic E-state index is 0.00456. The second-order valence-corrected chi connectivity index (χ2v) is 8.75. The van der Waals surface area contributed by atoms with Crippen molar-refractivity contribution < 1.29 is 23.7 Å². The highest BCUT2D eigenvalue weighted by molar-refractivity contribution is 5.70. The molecule has 0 aromatic heterocycles. The maximum atomic E-state index is 11.6. The van der Waals surface area contributed by atoms with Crippen molar-refractivity contribution in [1.29, 1.82) is 0 Å². The largest absolute Gasteiger partial charge is 0.464 e. The van der Waals surface area contributed by atoms with Crippen LogP contribution in [0.25, 0.3) is 0 Å². The van der Waals surface area contributed by atoms with Crippen LogP contribution >= 0.6 is 0 Å². The minimum Gasteiger partial charge on any atom is -0.464 e. The molecule has 0 saturated heterocycles. The van der Waals surface area contributed by atoms with E-state index < -0.39 is 0 Å². The molecule has 186 valence electrons. The van der Waals surface area contributed by atoms with Gasteiger partial charge in [0.15, 0.2) is 0 Å². The Kier molecular flexibility index (Phi) is 25.1. The van der Waals surface area contributed by atoms with Crippen molar-refractivity contribution in [3.63, 3.8) is 0 Å². The van der Waals surface area contributed by atoms with Gasteiger partial charge in [-0.1, -0.05) is 96.8 Å². The molecule has 0 fully saturated rings. The normalized spacial score (nSPS) is 11.4. The zero-order valence-electron chi connectivity index (χ0n) is 21.0. The van der Waals surface area contributed by atoms with Crippen LogP contribution in [0.2, 0.25) is 0 Å². The van der Waals surface area contributed by atoms with Crippen LogP contribution in [0.3, 0.4) is 0 Å². The topological polar surface area (TPSA) is 54.0 Å². The summed E-state index contributed by atoms with van der Waals surface area (Å²) in [6.07, 6.45) is 20.2. The summed E-state index contributed by atoms with van der Waals surface area (Å²) in [5.74, 6) is -0.284. The van der Waals surface area contributed by atoms with Gasteiger partial charge < -0.3 is 18.9 Å². The van der Waals surface area contributed by atoms with Crippen molar-refractivity contribution >= 4 is 5.97 Å². The van der Waals surface area contributed by atoms with E-state index in [0.717, 1.165) is 12.8 Å². The predicted molar refractivity (Wildman–Crippen MR) is 129 cm³/mol. The van der Waals surface area contributed by atoms with Gasteiger partial charge >= 0.3 is 5.97 Å². The Hall–Kier alpha value is -0.650. The van der Waals surface area contributed by atoms with Crippen molar-refractivity contribution in [2.45, 2.75) is 123 Å². The second kappa shape index (κ2) is 25.6. The van der Waals surface area contributed by atoms with Crippen LogP contribution in [-0.4, -0.2) is 51.7 Å². The van der Waals surface area contributed by atoms with Gasteiger partial charge in [0, 0.05) is 0 Å². The Bertz CT molecular complexity index is 360. The summed E-state index contributed by atoms with van der Waals surface area (Å²) < 4.78 is 21.2. The van der Waals surface area contributed by atoms with E-state index in [2.05, 4.69) is 6.92 Å². The Balaban J connectivity index is 3.14. The van der Waals surface area contributed by atoms with Gasteiger partial charge in [0.25, 0.3) is 0 Å². The number of unbranched alkanes of at least 4 members (excludes halogenated alkanes) is 14. The van der Waals surface area contributed by atoms with Gasteiger partial charge in [-0.05, 0) is 20.3 Å². The van der Waals surface area contributed by atoms with Crippen molar-refractivity contribution in [3.8, 4) is 0 Å². The first kappa shape index (κ1) is 30.4. The molecular formula is C26H52O5.